The highest BCUT2D eigenvalue weighted by Gasteiger charge is 2.19. The Kier molecular flexibility index (Phi) is 6.23. The number of rotatable bonds is 7. The lowest BCUT2D eigenvalue weighted by molar-refractivity contribution is 0.261. The van der Waals surface area contributed by atoms with E-state index in [1.165, 1.54) is 11.1 Å². The van der Waals surface area contributed by atoms with Gasteiger partial charge in [0.25, 0.3) is 0 Å². The van der Waals surface area contributed by atoms with E-state index in [1.54, 1.807) is 6.20 Å². The third-order valence-electron chi connectivity index (χ3n) is 6.96. The number of H-pyrrole nitrogens is 2. The number of benzene rings is 1. The SMILES string of the molecule is CN(C)CCOc1cncc(-c2ccc3[nH]nc(-c4cc5c(N6CCN(C)CC6)cccc5[nH]4)c3n2)c1. The molecule has 0 spiro atoms. The van der Waals surface area contributed by atoms with Crippen LogP contribution in [0.15, 0.2) is 54.9 Å². The van der Waals surface area contributed by atoms with Crippen molar-refractivity contribution in [1.29, 1.82) is 0 Å². The lowest BCUT2D eigenvalue weighted by Crippen LogP contribution is -2.44. The minimum absolute atomic E-state index is 0.604. The molecule has 0 radical (unpaired) electrons. The Bertz CT molecular complexity index is 1530. The number of anilines is 1. The third-order valence-corrected chi connectivity index (χ3v) is 6.96. The van der Waals surface area contributed by atoms with Gasteiger partial charge in [0.2, 0.25) is 0 Å². The molecule has 0 bridgehead atoms. The average molecular weight is 497 g/mol. The zero-order valence-corrected chi connectivity index (χ0v) is 21.5. The summed E-state index contributed by atoms with van der Waals surface area (Å²) in [7, 11) is 6.24. The predicted octanol–water partition coefficient (Wildman–Crippen LogP) is 3.86. The number of nitrogens with zero attached hydrogens (tertiary/aromatic N) is 6. The molecule has 37 heavy (non-hydrogen) atoms. The molecule has 1 aliphatic heterocycles. The van der Waals surface area contributed by atoms with Crippen LogP contribution in [-0.2, 0) is 0 Å². The first-order valence-electron chi connectivity index (χ1n) is 12.7. The van der Waals surface area contributed by atoms with E-state index in [1.807, 2.05) is 38.5 Å². The van der Waals surface area contributed by atoms with Crippen molar-refractivity contribution in [1.82, 2.24) is 34.9 Å². The van der Waals surface area contributed by atoms with Crippen molar-refractivity contribution < 1.29 is 4.74 Å². The standard InChI is InChI=1S/C28H32N8O/c1-34(2)13-14-37-20-15-19(17-29-18-20)22-7-8-24-27(31-22)28(33-32-24)25-16-21-23(30-25)5-4-6-26(21)36-11-9-35(3)10-12-36/h4-8,15-18,30H,9-14H2,1-3H3,(H,32,33). The van der Waals surface area contributed by atoms with Crippen molar-refractivity contribution in [2.45, 2.75) is 0 Å². The van der Waals surface area contributed by atoms with Crippen LogP contribution >= 0.6 is 0 Å². The summed E-state index contributed by atoms with van der Waals surface area (Å²) in [5.74, 6) is 0.737. The number of nitrogens with one attached hydrogen (secondary N) is 2. The highest BCUT2D eigenvalue weighted by atomic mass is 16.5. The molecule has 2 N–H and O–H groups in total. The molecule has 9 heteroatoms. The minimum Gasteiger partial charge on any atom is -0.491 e. The van der Waals surface area contributed by atoms with Gasteiger partial charge in [-0.15, -0.1) is 0 Å². The molecule has 0 amide bonds. The average Bonchev–Trinajstić information content (AvgIpc) is 3.53. The molecule has 0 saturated carbocycles. The fraction of sp³-hybridized carbons (Fsp3) is 0.321. The van der Waals surface area contributed by atoms with Crippen molar-refractivity contribution in [2.75, 3.05) is 65.4 Å². The van der Waals surface area contributed by atoms with Gasteiger partial charge in [0.05, 0.1) is 23.1 Å². The van der Waals surface area contributed by atoms with Crippen LogP contribution in [0.3, 0.4) is 0 Å². The van der Waals surface area contributed by atoms with Gasteiger partial charge in [-0.25, -0.2) is 4.98 Å². The topological polar surface area (TPSA) is 89.2 Å². The van der Waals surface area contributed by atoms with E-state index in [0.717, 1.165) is 77.7 Å². The molecule has 4 aromatic heterocycles. The lowest BCUT2D eigenvalue weighted by atomic mass is 10.1. The number of hydrogen-bond acceptors (Lipinski definition) is 7. The summed E-state index contributed by atoms with van der Waals surface area (Å²) in [5, 5.41) is 9.00. The number of likely N-dealkylation sites (N-methyl/N-ethyl adjacent to an activating group) is 2. The highest BCUT2D eigenvalue weighted by Crippen LogP contribution is 2.34. The van der Waals surface area contributed by atoms with Gasteiger partial charge in [-0.3, -0.25) is 10.1 Å². The van der Waals surface area contributed by atoms with Crippen LogP contribution in [0.1, 0.15) is 0 Å². The molecule has 5 heterocycles. The lowest BCUT2D eigenvalue weighted by Gasteiger charge is -2.34. The van der Waals surface area contributed by atoms with Crippen LogP contribution < -0.4 is 9.64 Å². The quantitative estimate of drug-likeness (QED) is 0.354. The summed E-state index contributed by atoms with van der Waals surface area (Å²) in [6.45, 7) is 5.64. The minimum atomic E-state index is 0.604. The Morgan fingerprint density at radius 1 is 1.00 bits per heavy atom. The van der Waals surface area contributed by atoms with Gasteiger partial charge in [-0.1, -0.05) is 6.07 Å². The van der Waals surface area contributed by atoms with Gasteiger partial charge in [0.15, 0.2) is 0 Å². The van der Waals surface area contributed by atoms with E-state index < -0.39 is 0 Å². The largest absolute Gasteiger partial charge is 0.491 e. The van der Waals surface area contributed by atoms with E-state index in [2.05, 4.69) is 66.2 Å². The molecule has 0 aliphatic carbocycles. The Morgan fingerprint density at radius 2 is 1.86 bits per heavy atom. The fourth-order valence-electron chi connectivity index (χ4n) is 4.82. The van der Waals surface area contributed by atoms with Gasteiger partial charge in [0.1, 0.15) is 23.6 Å². The van der Waals surface area contributed by atoms with Crippen LogP contribution in [0.4, 0.5) is 5.69 Å². The molecule has 6 rings (SSSR count). The summed E-state index contributed by atoms with van der Waals surface area (Å²) in [5.41, 5.74) is 7.58. The normalized spacial score (nSPS) is 14.8. The molecule has 190 valence electrons. The van der Waals surface area contributed by atoms with Crippen molar-refractivity contribution in [3.8, 4) is 28.4 Å². The summed E-state index contributed by atoms with van der Waals surface area (Å²) < 4.78 is 5.88. The monoisotopic (exact) mass is 496 g/mol. The molecule has 1 saturated heterocycles. The Labute approximate surface area is 216 Å². The van der Waals surface area contributed by atoms with Crippen LogP contribution in [0.5, 0.6) is 5.75 Å². The summed E-state index contributed by atoms with van der Waals surface area (Å²) in [6.07, 6.45) is 3.56. The van der Waals surface area contributed by atoms with E-state index >= 15 is 0 Å². The number of ether oxygens (including phenoxy) is 1. The van der Waals surface area contributed by atoms with E-state index in [9.17, 15) is 0 Å². The molecule has 0 atom stereocenters. The summed E-state index contributed by atoms with van der Waals surface area (Å²) in [6, 6.07) is 14.7. The molecular formula is C28H32N8O. The maximum atomic E-state index is 5.88. The predicted molar refractivity (Wildman–Crippen MR) is 148 cm³/mol. The molecule has 0 unspecified atom stereocenters. The van der Waals surface area contributed by atoms with Gasteiger partial charge >= 0.3 is 0 Å². The molecule has 1 aromatic carbocycles. The van der Waals surface area contributed by atoms with Crippen LogP contribution in [0.2, 0.25) is 0 Å². The first-order chi connectivity index (χ1) is 18.0. The third kappa shape index (κ3) is 4.75. The molecule has 5 aromatic rings. The zero-order valence-electron chi connectivity index (χ0n) is 21.5. The number of hydrogen-bond donors (Lipinski definition) is 2. The number of pyridine rings is 2. The Balaban J connectivity index is 1.33. The number of fused-ring (bicyclic) bond motifs is 2. The summed E-state index contributed by atoms with van der Waals surface area (Å²) >= 11 is 0. The Hall–Kier alpha value is -3.95. The maximum Gasteiger partial charge on any atom is 0.138 e. The number of piperazine rings is 1. The van der Waals surface area contributed by atoms with Crippen molar-refractivity contribution in [3.05, 3.63) is 54.9 Å². The van der Waals surface area contributed by atoms with Crippen LogP contribution in [0, 0.1) is 0 Å². The first kappa shape index (κ1) is 23.4. The zero-order chi connectivity index (χ0) is 25.4. The fourth-order valence-corrected chi connectivity index (χ4v) is 4.82. The van der Waals surface area contributed by atoms with Crippen molar-refractivity contribution >= 4 is 27.6 Å². The second-order valence-corrected chi connectivity index (χ2v) is 9.94. The van der Waals surface area contributed by atoms with E-state index in [-0.39, 0.29) is 0 Å². The van der Waals surface area contributed by atoms with E-state index in [4.69, 9.17) is 9.72 Å². The maximum absolute atomic E-state index is 5.88. The molecule has 1 fully saturated rings. The number of aromatic amines is 2. The smallest absolute Gasteiger partial charge is 0.138 e. The van der Waals surface area contributed by atoms with Crippen LogP contribution in [0.25, 0.3) is 44.6 Å². The molecule has 1 aliphatic rings. The van der Waals surface area contributed by atoms with Crippen molar-refractivity contribution in [3.63, 3.8) is 0 Å². The summed E-state index contributed by atoms with van der Waals surface area (Å²) in [4.78, 5) is 19.9. The number of aromatic nitrogens is 5. The first-order valence-corrected chi connectivity index (χ1v) is 12.7. The van der Waals surface area contributed by atoms with Gasteiger partial charge < -0.3 is 24.4 Å². The van der Waals surface area contributed by atoms with Crippen molar-refractivity contribution in [2.24, 2.45) is 0 Å². The molecule has 9 nitrogen and oxygen atoms in total. The van der Waals surface area contributed by atoms with Crippen LogP contribution in [-0.4, -0.2) is 95.4 Å². The second kappa shape index (κ2) is 9.84. The highest BCUT2D eigenvalue weighted by molar-refractivity contribution is 5.99. The Morgan fingerprint density at radius 3 is 2.70 bits per heavy atom. The second-order valence-electron chi connectivity index (χ2n) is 9.94. The van der Waals surface area contributed by atoms with E-state index in [0.29, 0.717) is 6.61 Å². The molecular weight excluding hydrogens is 464 g/mol. The van der Waals surface area contributed by atoms with Gasteiger partial charge in [0, 0.05) is 61.1 Å². The van der Waals surface area contributed by atoms with Gasteiger partial charge in [-0.2, -0.15) is 5.10 Å². The van der Waals surface area contributed by atoms with Gasteiger partial charge in [-0.05, 0) is 57.5 Å².